The van der Waals surface area contributed by atoms with Crippen LogP contribution in [0.5, 0.6) is 11.5 Å². The molecule has 2 aromatic rings. The van der Waals surface area contributed by atoms with Crippen molar-refractivity contribution < 1.29 is 4.74 Å². The number of rotatable bonds is 32. The Kier molecular flexibility index (Phi) is 26.0. The van der Waals surface area contributed by atoms with Gasteiger partial charge in [-0.05, 0) is 55.0 Å². The summed E-state index contributed by atoms with van der Waals surface area (Å²) >= 11 is 0. The highest BCUT2D eigenvalue weighted by Gasteiger charge is 2.11. The van der Waals surface area contributed by atoms with Gasteiger partial charge in [-0.1, -0.05) is 211 Å². The van der Waals surface area contributed by atoms with Gasteiger partial charge in [0.2, 0.25) is 0 Å². The first-order valence-electron chi connectivity index (χ1n) is 20.2. The van der Waals surface area contributed by atoms with Crippen molar-refractivity contribution in [1.29, 1.82) is 0 Å². The molecule has 0 bridgehead atoms. The van der Waals surface area contributed by atoms with Crippen LogP contribution >= 0.6 is 0 Å². The molecule has 0 saturated heterocycles. The van der Waals surface area contributed by atoms with Gasteiger partial charge >= 0.3 is 0 Å². The zero-order valence-electron chi connectivity index (χ0n) is 30.2. The predicted molar refractivity (Wildman–Crippen MR) is 201 cm³/mol. The number of unbranched alkanes of at least 4 members (excludes halogenated alkanes) is 26. The second-order valence-corrected chi connectivity index (χ2v) is 14.0. The summed E-state index contributed by atoms with van der Waals surface area (Å²) in [4.78, 5) is 0. The van der Waals surface area contributed by atoms with Crippen molar-refractivity contribution in [3.63, 3.8) is 0 Å². The number of hydrogen-bond acceptors (Lipinski definition) is 1. The number of hydrogen-bond donors (Lipinski definition) is 0. The third-order valence-electron chi connectivity index (χ3n) is 9.78. The molecule has 2 aromatic carbocycles. The molecule has 2 rings (SSSR count). The minimum absolute atomic E-state index is 0.952. The Hall–Kier alpha value is -1.76. The summed E-state index contributed by atoms with van der Waals surface area (Å²) < 4.78 is 6.44. The Bertz CT molecular complexity index is 887. The van der Waals surface area contributed by atoms with Crippen molar-refractivity contribution in [2.45, 2.75) is 206 Å². The molecule has 0 radical (unpaired) electrons. The predicted octanol–water partition coefficient (Wildman–Crippen LogP) is 15.5. The van der Waals surface area contributed by atoms with Crippen LogP contribution in [0.1, 0.15) is 205 Å². The van der Waals surface area contributed by atoms with E-state index >= 15 is 0 Å². The van der Waals surface area contributed by atoms with Crippen LogP contribution in [0.15, 0.2) is 48.5 Å². The molecule has 256 valence electrons. The number of aryl methyl sites for hydroxylation is 1. The standard InChI is InChI=1S/C44H74O/c1-3-5-7-9-11-13-15-17-19-21-23-25-27-30-35-41-36-34-40-44(45-42-37-31-29-32-38-42)43(41)39-33-28-26-24-22-20-18-16-14-12-10-8-6-4-2/h29,31-32,34,36-38,40H,3-28,30,33,35,39H2,1-2H3. The monoisotopic (exact) mass is 619 g/mol. The average molecular weight is 619 g/mol. The number of para-hydroxylation sites is 1. The van der Waals surface area contributed by atoms with Gasteiger partial charge in [0.05, 0.1) is 0 Å². The molecule has 0 aliphatic heterocycles. The summed E-state index contributed by atoms with van der Waals surface area (Å²) in [6, 6.07) is 17.1. The molecule has 45 heavy (non-hydrogen) atoms. The van der Waals surface area contributed by atoms with Crippen LogP contribution < -0.4 is 4.74 Å². The van der Waals surface area contributed by atoms with Crippen molar-refractivity contribution in [2.24, 2.45) is 0 Å². The van der Waals surface area contributed by atoms with Crippen molar-refractivity contribution in [2.75, 3.05) is 0 Å². The van der Waals surface area contributed by atoms with E-state index in [-0.39, 0.29) is 0 Å². The maximum Gasteiger partial charge on any atom is 0.130 e. The van der Waals surface area contributed by atoms with Crippen LogP contribution in [-0.2, 0) is 12.8 Å². The largest absolute Gasteiger partial charge is 0.457 e. The third kappa shape index (κ3) is 21.6. The average Bonchev–Trinajstić information content (AvgIpc) is 3.06. The van der Waals surface area contributed by atoms with Gasteiger partial charge < -0.3 is 4.74 Å². The van der Waals surface area contributed by atoms with Crippen LogP contribution in [-0.4, -0.2) is 0 Å². The fourth-order valence-corrected chi connectivity index (χ4v) is 6.85. The lowest BCUT2D eigenvalue weighted by molar-refractivity contribution is 0.472. The molecule has 0 atom stereocenters. The maximum atomic E-state index is 6.44. The Morgan fingerprint density at radius 2 is 0.733 bits per heavy atom. The van der Waals surface area contributed by atoms with Crippen LogP contribution in [0, 0.1) is 0 Å². The summed E-state index contributed by atoms with van der Waals surface area (Å²) in [5.74, 6) is 2.03. The zero-order chi connectivity index (χ0) is 31.9. The van der Waals surface area contributed by atoms with Crippen molar-refractivity contribution >= 4 is 0 Å². The molecule has 0 spiro atoms. The van der Waals surface area contributed by atoms with E-state index < -0.39 is 0 Å². The van der Waals surface area contributed by atoms with Gasteiger partial charge in [0.15, 0.2) is 0 Å². The minimum Gasteiger partial charge on any atom is -0.457 e. The quantitative estimate of drug-likeness (QED) is 0.0741. The third-order valence-corrected chi connectivity index (χ3v) is 9.78. The summed E-state index contributed by atoms with van der Waals surface area (Å²) in [5, 5.41) is 0. The summed E-state index contributed by atoms with van der Waals surface area (Å²) in [5.41, 5.74) is 2.99. The van der Waals surface area contributed by atoms with Gasteiger partial charge in [-0.15, -0.1) is 0 Å². The Labute approximate surface area is 281 Å². The van der Waals surface area contributed by atoms with Gasteiger partial charge in [0.1, 0.15) is 11.5 Å². The van der Waals surface area contributed by atoms with E-state index in [1.165, 1.54) is 197 Å². The minimum atomic E-state index is 0.952. The van der Waals surface area contributed by atoms with E-state index in [4.69, 9.17) is 4.74 Å². The molecule has 0 amide bonds. The van der Waals surface area contributed by atoms with Crippen LogP contribution in [0.3, 0.4) is 0 Å². The molecular formula is C44H74O. The smallest absolute Gasteiger partial charge is 0.130 e. The van der Waals surface area contributed by atoms with Gasteiger partial charge in [0, 0.05) is 0 Å². The van der Waals surface area contributed by atoms with E-state index in [0.29, 0.717) is 0 Å². The SMILES string of the molecule is CCCCCCCCCCCCCCCCc1cccc(Oc2ccccc2)c1CCCCCCCCCCCCCCCC. The molecule has 1 heteroatoms. The number of ether oxygens (including phenoxy) is 1. The van der Waals surface area contributed by atoms with E-state index in [9.17, 15) is 0 Å². The lowest BCUT2D eigenvalue weighted by Crippen LogP contribution is -1.99. The lowest BCUT2D eigenvalue weighted by atomic mass is 9.95. The van der Waals surface area contributed by atoms with Crippen molar-refractivity contribution in [1.82, 2.24) is 0 Å². The van der Waals surface area contributed by atoms with Gasteiger partial charge in [-0.3, -0.25) is 0 Å². The first kappa shape index (κ1) is 39.4. The second-order valence-electron chi connectivity index (χ2n) is 14.0. The van der Waals surface area contributed by atoms with E-state index in [2.05, 4.69) is 62.4 Å². The zero-order valence-corrected chi connectivity index (χ0v) is 30.2. The fourth-order valence-electron chi connectivity index (χ4n) is 6.85. The van der Waals surface area contributed by atoms with Crippen molar-refractivity contribution in [3.05, 3.63) is 59.7 Å². The number of benzene rings is 2. The Balaban J connectivity index is 1.63. The van der Waals surface area contributed by atoms with Crippen LogP contribution in [0.4, 0.5) is 0 Å². The highest BCUT2D eigenvalue weighted by Crippen LogP contribution is 2.30. The Morgan fingerprint density at radius 1 is 0.356 bits per heavy atom. The first-order chi connectivity index (χ1) is 22.3. The highest BCUT2D eigenvalue weighted by atomic mass is 16.5. The molecule has 0 aromatic heterocycles. The topological polar surface area (TPSA) is 9.23 Å². The summed E-state index contributed by atoms with van der Waals surface area (Å²) in [6.07, 6.45) is 41.9. The van der Waals surface area contributed by atoms with Crippen LogP contribution in [0.2, 0.25) is 0 Å². The van der Waals surface area contributed by atoms with Gasteiger partial charge in [0.25, 0.3) is 0 Å². The molecule has 0 aliphatic carbocycles. The molecular weight excluding hydrogens is 544 g/mol. The molecule has 0 saturated carbocycles. The van der Waals surface area contributed by atoms with Gasteiger partial charge in [-0.2, -0.15) is 0 Å². The fraction of sp³-hybridized carbons (Fsp3) is 0.727. The van der Waals surface area contributed by atoms with E-state index in [1.54, 1.807) is 0 Å². The van der Waals surface area contributed by atoms with Crippen LogP contribution in [0.25, 0.3) is 0 Å². The van der Waals surface area contributed by atoms with Crippen molar-refractivity contribution in [3.8, 4) is 11.5 Å². The summed E-state index contributed by atoms with van der Waals surface area (Å²) in [7, 11) is 0. The maximum absolute atomic E-state index is 6.44. The molecule has 1 nitrogen and oxygen atoms in total. The molecule has 0 aliphatic rings. The second kappa shape index (κ2) is 29.6. The highest BCUT2D eigenvalue weighted by molar-refractivity contribution is 5.43. The van der Waals surface area contributed by atoms with E-state index in [0.717, 1.165) is 17.9 Å². The molecule has 0 unspecified atom stereocenters. The molecule has 0 N–H and O–H groups in total. The molecule has 0 fully saturated rings. The normalized spacial score (nSPS) is 11.3. The van der Waals surface area contributed by atoms with Gasteiger partial charge in [-0.25, -0.2) is 0 Å². The Morgan fingerprint density at radius 3 is 1.16 bits per heavy atom. The van der Waals surface area contributed by atoms with E-state index in [1.807, 2.05) is 0 Å². The first-order valence-corrected chi connectivity index (χ1v) is 20.2. The summed E-state index contributed by atoms with van der Waals surface area (Å²) in [6.45, 7) is 4.61. The lowest BCUT2D eigenvalue weighted by Gasteiger charge is -2.16. The molecule has 0 heterocycles.